The maximum Gasteiger partial charge on any atom is 0.251 e. The monoisotopic (exact) mass is 470 g/mol. The summed E-state index contributed by atoms with van der Waals surface area (Å²) in [6.07, 6.45) is 5.14. The summed E-state index contributed by atoms with van der Waals surface area (Å²) < 4.78 is 12.5. The Bertz CT molecular complexity index is 1290. The molecule has 3 N–H and O–H groups in total. The van der Waals surface area contributed by atoms with Gasteiger partial charge in [-0.2, -0.15) is 0 Å². The summed E-state index contributed by atoms with van der Waals surface area (Å²) >= 11 is 6.12. The van der Waals surface area contributed by atoms with Crippen molar-refractivity contribution in [1.29, 1.82) is 0 Å². The summed E-state index contributed by atoms with van der Waals surface area (Å²) in [6.45, 7) is 0.347. The van der Waals surface area contributed by atoms with Gasteiger partial charge in [-0.05, 0) is 6.07 Å². The van der Waals surface area contributed by atoms with Crippen molar-refractivity contribution in [3.8, 4) is 11.4 Å². The van der Waals surface area contributed by atoms with Gasteiger partial charge in [-0.3, -0.25) is 14.3 Å². The van der Waals surface area contributed by atoms with Crippen LogP contribution in [-0.4, -0.2) is 59.8 Å². The number of carbonyl (C=O) groups is 1. The molecular formula is C20H19ClN8O4. The lowest BCUT2D eigenvalue weighted by molar-refractivity contribution is -0.137. The van der Waals surface area contributed by atoms with Crippen LogP contribution in [0.1, 0.15) is 18.3 Å². The van der Waals surface area contributed by atoms with Crippen LogP contribution in [0.15, 0.2) is 41.9 Å². The maximum atomic E-state index is 12.0. The number of nitrogens with one attached hydrogen (secondary N) is 2. The van der Waals surface area contributed by atoms with E-state index in [1.54, 1.807) is 23.2 Å². The number of likely N-dealkylation sites (N-methyl/N-ethyl adjacent to an activating group) is 1. The van der Waals surface area contributed by atoms with E-state index < -0.39 is 24.3 Å². The highest BCUT2D eigenvalue weighted by Crippen LogP contribution is 2.33. The van der Waals surface area contributed by atoms with Gasteiger partial charge >= 0.3 is 0 Å². The minimum atomic E-state index is -0.986. The fourth-order valence-corrected chi connectivity index (χ4v) is 3.79. The first-order valence-electron chi connectivity index (χ1n) is 10.0. The number of rotatable bonds is 6. The number of amides is 1. The van der Waals surface area contributed by atoms with Gasteiger partial charge in [0.15, 0.2) is 35.3 Å². The molecule has 1 aliphatic heterocycles. The molecule has 4 aromatic rings. The van der Waals surface area contributed by atoms with Crippen molar-refractivity contribution < 1.29 is 19.1 Å². The molecule has 13 heteroatoms. The second-order valence-electron chi connectivity index (χ2n) is 7.37. The Labute approximate surface area is 192 Å². The first kappa shape index (κ1) is 21.2. The Morgan fingerprint density at radius 2 is 2.21 bits per heavy atom. The van der Waals surface area contributed by atoms with E-state index in [-0.39, 0.29) is 6.42 Å². The van der Waals surface area contributed by atoms with E-state index in [9.17, 15) is 9.90 Å². The molecule has 1 aliphatic rings. The number of nitrogens with zero attached hydrogens (tertiary/aromatic N) is 6. The van der Waals surface area contributed by atoms with Crippen molar-refractivity contribution in [2.24, 2.45) is 0 Å². The summed E-state index contributed by atoms with van der Waals surface area (Å²) in [5.74, 6) is 0.422. The number of carbonyl (C=O) groups excluding carboxylic acids is 1. The number of hydrogen-bond donors (Lipinski definition) is 3. The fraction of sp³-hybridized carbons (Fsp3) is 0.300. The molecule has 1 fully saturated rings. The van der Waals surface area contributed by atoms with E-state index in [1.165, 1.54) is 25.9 Å². The number of aliphatic hydroxyl groups excluding tert-OH is 1. The lowest BCUT2D eigenvalue weighted by Crippen LogP contribution is -2.38. The van der Waals surface area contributed by atoms with Gasteiger partial charge in [0, 0.05) is 31.4 Å². The van der Waals surface area contributed by atoms with E-state index in [1.807, 2.05) is 0 Å². The summed E-state index contributed by atoms with van der Waals surface area (Å²) in [6, 6.07) is 1.70. The number of pyridine rings is 1. The van der Waals surface area contributed by atoms with E-state index in [0.717, 1.165) is 0 Å². The molecule has 5 heterocycles. The zero-order chi connectivity index (χ0) is 22.9. The molecule has 5 rings (SSSR count). The lowest BCUT2D eigenvalue weighted by atomic mass is 10.1. The first-order valence-corrected chi connectivity index (χ1v) is 10.4. The Hall–Kier alpha value is -3.61. The van der Waals surface area contributed by atoms with Crippen LogP contribution >= 0.6 is 11.6 Å². The van der Waals surface area contributed by atoms with Crippen molar-refractivity contribution in [2.45, 2.75) is 31.4 Å². The molecule has 0 spiro atoms. The summed E-state index contributed by atoms with van der Waals surface area (Å²) in [5.41, 5.74) is 2.23. The third-order valence-corrected chi connectivity index (χ3v) is 5.42. The number of fused-ring (bicyclic) bond motifs is 1. The van der Waals surface area contributed by atoms with Crippen LogP contribution in [0, 0.1) is 0 Å². The molecule has 4 aromatic heterocycles. The van der Waals surface area contributed by atoms with Crippen molar-refractivity contribution in [2.75, 3.05) is 12.4 Å². The molecule has 3 atom stereocenters. The number of imidazole rings is 1. The molecule has 0 bridgehead atoms. The van der Waals surface area contributed by atoms with Gasteiger partial charge in [0.25, 0.3) is 5.91 Å². The molecule has 0 unspecified atom stereocenters. The fourth-order valence-electron chi connectivity index (χ4n) is 3.62. The predicted molar refractivity (Wildman–Crippen MR) is 116 cm³/mol. The third kappa shape index (κ3) is 4.11. The minimum Gasteiger partial charge on any atom is -0.451 e. The number of aromatic nitrogens is 6. The molecule has 0 radical (unpaired) electrons. The van der Waals surface area contributed by atoms with Crippen molar-refractivity contribution in [3.63, 3.8) is 0 Å². The highest BCUT2D eigenvalue weighted by molar-refractivity contribution is 6.30. The molecule has 0 saturated carbocycles. The highest BCUT2D eigenvalue weighted by Gasteiger charge is 2.40. The smallest absolute Gasteiger partial charge is 0.251 e. The highest BCUT2D eigenvalue weighted by atomic mass is 35.5. The van der Waals surface area contributed by atoms with Crippen LogP contribution in [0.25, 0.3) is 22.6 Å². The molecule has 1 amide bonds. The number of anilines is 1. The molecule has 12 nitrogen and oxygen atoms in total. The number of aliphatic hydroxyl groups is 1. The van der Waals surface area contributed by atoms with Gasteiger partial charge in [0.2, 0.25) is 0 Å². The van der Waals surface area contributed by atoms with Gasteiger partial charge in [-0.1, -0.05) is 11.6 Å². The SMILES string of the molecule is CNC(=O)[C@H]1O[C@@H](n2cnc3c(NCc4cocn4)nc(-c4cncc(Cl)c4)nc32)C[C@@H]1O. The summed E-state index contributed by atoms with van der Waals surface area (Å²) in [5, 5.41) is 16.5. The molecule has 0 aliphatic carbocycles. The number of hydrogen-bond acceptors (Lipinski definition) is 10. The standard InChI is InChI=1S/C20H19ClN8O4/c1-22-20(31)16-13(30)3-14(33-16)29-8-25-15-18(24-6-12-7-32-9-26-12)27-17(28-19(15)29)10-2-11(21)5-23-4-10/h2,4-5,7-9,13-14,16,30H,3,6H2,1H3,(H,22,31)(H,24,27,28)/t13-,14+,16-/m0/s1. The van der Waals surface area contributed by atoms with E-state index >= 15 is 0 Å². The number of oxazole rings is 1. The predicted octanol–water partition coefficient (Wildman–Crippen LogP) is 1.54. The van der Waals surface area contributed by atoms with Crippen LogP contribution in [0.4, 0.5) is 5.82 Å². The number of halogens is 1. The van der Waals surface area contributed by atoms with Gasteiger partial charge in [-0.15, -0.1) is 0 Å². The zero-order valence-corrected chi connectivity index (χ0v) is 18.1. The van der Waals surface area contributed by atoms with Gasteiger partial charge in [-0.25, -0.2) is 19.9 Å². The quantitative estimate of drug-likeness (QED) is 0.378. The van der Waals surface area contributed by atoms with Crippen molar-refractivity contribution in [1.82, 2.24) is 34.8 Å². The van der Waals surface area contributed by atoms with Crippen LogP contribution in [0.3, 0.4) is 0 Å². The van der Waals surface area contributed by atoms with E-state index in [2.05, 4.69) is 35.6 Å². The average Bonchev–Trinajstić information content (AvgIpc) is 3.56. The van der Waals surface area contributed by atoms with E-state index in [0.29, 0.717) is 45.6 Å². The molecule has 33 heavy (non-hydrogen) atoms. The van der Waals surface area contributed by atoms with Gasteiger partial charge in [0.05, 0.1) is 29.7 Å². The second-order valence-corrected chi connectivity index (χ2v) is 7.81. The van der Waals surface area contributed by atoms with Crippen LogP contribution in [0.5, 0.6) is 0 Å². The first-order chi connectivity index (χ1) is 16.0. The molecule has 170 valence electrons. The normalized spacial score (nSPS) is 20.3. The Balaban J connectivity index is 1.56. The van der Waals surface area contributed by atoms with E-state index in [4.69, 9.17) is 20.8 Å². The van der Waals surface area contributed by atoms with Crippen LogP contribution in [-0.2, 0) is 16.1 Å². The second kappa shape index (κ2) is 8.73. The Morgan fingerprint density at radius 1 is 1.33 bits per heavy atom. The summed E-state index contributed by atoms with van der Waals surface area (Å²) in [7, 11) is 1.49. The Morgan fingerprint density at radius 3 is 2.97 bits per heavy atom. The Kier molecular flexibility index (Phi) is 5.62. The summed E-state index contributed by atoms with van der Waals surface area (Å²) in [4.78, 5) is 34.0. The maximum absolute atomic E-state index is 12.0. The van der Waals surface area contributed by atoms with Crippen molar-refractivity contribution in [3.05, 3.63) is 48.2 Å². The van der Waals surface area contributed by atoms with Crippen LogP contribution < -0.4 is 10.6 Å². The zero-order valence-electron chi connectivity index (χ0n) is 17.3. The van der Waals surface area contributed by atoms with Crippen molar-refractivity contribution >= 4 is 34.5 Å². The number of ether oxygens (including phenoxy) is 1. The molecular weight excluding hydrogens is 452 g/mol. The minimum absolute atomic E-state index is 0.198. The largest absolute Gasteiger partial charge is 0.451 e. The lowest BCUT2D eigenvalue weighted by Gasteiger charge is -2.15. The van der Waals surface area contributed by atoms with Crippen LogP contribution in [0.2, 0.25) is 5.02 Å². The molecule has 0 aromatic carbocycles. The topological polar surface area (TPSA) is 153 Å². The average molecular weight is 471 g/mol. The molecule has 1 saturated heterocycles. The third-order valence-electron chi connectivity index (χ3n) is 5.22. The van der Waals surface area contributed by atoms with Gasteiger partial charge < -0.3 is 24.9 Å². The van der Waals surface area contributed by atoms with Gasteiger partial charge in [0.1, 0.15) is 12.5 Å².